The van der Waals surface area contributed by atoms with Crippen molar-refractivity contribution >= 4 is 5.96 Å². The second-order valence-electron chi connectivity index (χ2n) is 9.09. The fourth-order valence-corrected chi connectivity index (χ4v) is 5.38. The SMILES string of the molecule is CN=C(NCC1CCCN1Cc1ccccc1)NCC1(N2CCCC2)CCOCC1. The lowest BCUT2D eigenvalue weighted by Gasteiger charge is -2.45. The maximum absolute atomic E-state index is 5.69. The summed E-state index contributed by atoms with van der Waals surface area (Å²) in [7, 11) is 1.89. The van der Waals surface area contributed by atoms with Crippen LogP contribution in [0.5, 0.6) is 0 Å². The highest BCUT2D eigenvalue weighted by Gasteiger charge is 2.39. The molecule has 166 valence electrons. The summed E-state index contributed by atoms with van der Waals surface area (Å²) in [5.74, 6) is 0.937. The van der Waals surface area contributed by atoms with E-state index in [4.69, 9.17) is 4.74 Å². The molecule has 2 N–H and O–H groups in total. The molecule has 1 aromatic carbocycles. The Bertz CT molecular complexity index is 667. The van der Waals surface area contributed by atoms with Crippen molar-refractivity contribution in [2.24, 2.45) is 4.99 Å². The molecule has 0 amide bonds. The average molecular weight is 414 g/mol. The number of likely N-dealkylation sites (tertiary alicyclic amines) is 2. The minimum atomic E-state index is 0.221. The van der Waals surface area contributed by atoms with Gasteiger partial charge in [0.2, 0.25) is 0 Å². The summed E-state index contributed by atoms with van der Waals surface area (Å²) < 4.78 is 5.69. The quantitative estimate of drug-likeness (QED) is 0.531. The van der Waals surface area contributed by atoms with Crippen LogP contribution < -0.4 is 10.6 Å². The number of guanidine groups is 1. The molecule has 0 aliphatic carbocycles. The third-order valence-corrected chi connectivity index (χ3v) is 7.24. The van der Waals surface area contributed by atoms with Gasteiger partial charge in [-0.1, -0.05) is 30.3 Å². The molecule has 6 nitrogen and oxygen atoms in total. The summed E-state index contributed by atoms with van der Waals surface area (Å²) in [6.07, 6.45) is 7.42. The number of ether oxygens (including phenoxy) is 1. The van der Waals surface area contributed by atoms with Gasteiger partial charge in [0.25, 0.3) is 0 Å². The van der Waals surface area contributed by atoms with Crippen molar-refractivity contribution in [2.75, 3.05) is 53.0 Å². The fourth-order valence-electron chi connectivity index (χ4n) is 5.38. The Morgan fingerprint density at radius 1 is 1.07 bits per heavy atom. The number of aliphatic imine (C=N–C) groups is 1. The van der Waals surface area contributed by atoms with Crippen molar-refractivity contribution < 1.29 is 4.74 Å². The Morgan fingerprint density at radius 2 is 1.83 bits per heavy atom. The Labute approximate surface area is 182 Å². The summed E-state index contributed by atoms with van der Waals surface area (Å²) in [5.41, 5.74) is 1.62. The predicted octanol–water partition coefficient (Wildman–Crippen LogP) is 2.46. The Balaban J connectivity index is 1.29. The Morgan fingerprint density at radius 3 is 2.57 bits per heavy atom. The van der Waals surface area contributed by atoms with Gasteiger partial charge in [-0.2, -0.15) is 0 Å². The van der Waals surface area contributed by atoms with Gasteiger partial charge in [-0.05, 0) is 63.7 Å². The van der Waals surface area contributed by atoms with Crippen LogP contribution in [0.4, 0.5) is 0 Å². The van der Waals surface area contributed by atoms with Crippen LogP contribution in [0.15, 0.2) is 35.3 Å². The molecule has 3 saturated heterocycles. The van der Waals surface area contributed by atoms with Crippen LogP contribution in [0.3, 0.4) is 0 Å². The van der Waals surface area contributed by atoms with E-state index in [-0.39, 0.29) is 5.54 Å². The lowest BCUT2D eigenvalue weighted by atomic mass is 9.88. The van der Waals surface area contributed by atoms with Crippen LogP contribution in [-0.4, -0.2) is 80.3 Å². The van der Waals surface area contributed by atoms with E-state index in [0.29, 0.717) is 6.04 Å². The van der Waals surface area contributed by atoms with Gasteiger partial charge in [-0.3, -0.25) is 14.8 Å². The van der Waals surface area contributed by atoms with Crippen LogP contribution in [-0.2, 0) is 11.3 Å². The van der Waals surface area contributed by atoms with Gasteiger partial charge in [0, 0.05) is 51.5 Å². The first-order chi connectivity index (χ1) is 14.8. The normalized spacial score (nSPS) is 25.5. The molecule has 1 atom stereocenters. The number of nitrogens with zero attached hydrogens (tertiary/aromatic N) is 3. The number of hydrogen-bond acceptors (Lipinski definition) is 4. The molecule has 0 aromatic heterocycles. The van der Waals surface area contributed by atoms with Crippen molar-refractivity contribution in [3.63, 3.8) is 0 Å². The van der Waals surface area contributed by atoms with Gasteiger partial charge < -0.3 is 15.4 Å². The topological polar surface area (TPSA) is 52.1 Å². The second-order valence-corrected chi connectivity index (χ2v) is 9.09. The molecular formula is C24H39N5O. The Kier molecular flexibility index (Phi) is 7.63. The van der Waals surface area contributed by atoms with Crippen molar-refractivity contribution in [1.82, 2.24) is 20.4 Å². The van der Waals surface area contributed by atoms with Crippen molar-refractivity contribution in [3.8, 4) is 0 Å². The van der Waals surface area contributed by atoms with Crippen molar-refractivity contribution in [3.05, 3.63) is 35.9 Å². The van der Waals surface area contributed by atoms with E-state index in [1.807, 2.05) is 7.05 Å². The van der Waals surface area contributed by atoms with Crippen LogP contribution in [0, 0.1) is 0 Å². The molecule has 3 heterocycles. The van der Waals surface area contributed by atoms with E-state index in [1.54, 1.807) is 0 Å². The largest absolute Gasteiger partial charge is 0.381 e. The van der Waals surface area contributed by atoms with Gasteiger partial charge in [-0.25, -0.2) is 0 Å². The first kappa shape index (κ1) is 21.6. The summed E-state index contributed by atoms with van der Waals surface area (Å²) >= 11 is 0. The highest BCUT2D eigenvalue weighted by atomic mass is 16.5. The molecule has 3 aliphatic rings. The van der Waals surface area contributed by atoms with Gasteiger partial charge in [0.15, 0.2) is 5.96 Å². The summed E-state index contributed by atoms with van der Waals surface area (Å²) in [4.78, 5) is 9.84. The second kappa shape index (κ2) is 10.6. The summed E-state index contributed by atoms with van der Waals surface area (Å²) in [6.45, 7) is 8.33. The predicted molar refractivity (Wildman–Crippen MR) is 123 cm³/mol. The highest BCUT2D eigenvalue weighted by Crippen LogP contribution is 2.30. The molecular weight excluding hydrogens is 374 g/mol. The zero-order valence-electron chi connectivity index (χ0n) is 18.6. The third-order valence-electron chi connectivity index (χ3n) is 7.24. The van der Waals surface area contributed by atoms with Crippen LogP contribution in [0.2, 0.25) is 0 Å². The molecule has 3 fully saturated rings. The molecule has 6 heteroatoms. The van der Waals surface area contributed by atoms with Crippen LogP contribution >= 0.6 is 0 Å². The number of hydrogen-bond donors (Lipinski definition) is 2. The van der Waals surface area contributed by atoms with Gasteiger partial charge in [-0.15, -0.1) is 0 Å². The maximum atomic E-state index is 5.69. The molecule has 1 unspecified atom stereocenters. The zero-order chi connectivity index (χ0) is 20.7. The van der Waals surface area contributed by atoms with Gasteiger partial charge in [0.05, 0.1) is 0 Å². The first-order valence-corrected chi connectivity index (χ1v) is 11.8. The average Bonchev–Trinajstić information content (AvgIpc) is 3.48. The molecule has 1 aromatic rings. The highest BCUT2D eigenvalue weighted by molar-refractivity contribution is 5.79. The smallest absolute Gasteiger partial charge is 0.191 e. The third kappa shape index (κ3) is 5.34. The maximum Gasteiger partial charge on any atom is 0.191 e. The van der Waals surface area contributed by atoms with E-state index in [0.717, 1.165) is 51.6 Å². The summed E-state index contributed by atoms with van der Waals surface area (Å²) in [5, 5.41) is 7.29. The van der Waals surface area contributed by atoms with Crippen molar-refractivity contribution in [2.45, 2.75) is 56.7 Å². The fraction of sp³-hybridized carbons (Fsp3) is 0.708. The van der Waals surface area contributed by atoms with Gasteiger partial charge >= 0.3 is 0 Å². The van der Waals surface area contributed by atoms with Gasteiger partial charge in [0.1, 0.15) is 0 Å². The number of nitrogens with one attached hydrogen (secondary N) is 2. The van der Waals surface area contributed by atoms with E-state index in [1.165, 1.54) is 50.9 Å². The summed E-state index contributed by atoms with van der Waals surface area (Å²) in [6, 6.07) is 11.4. The van der Waals surface area contributed by atoms with E-state index in [2.05, 4.69) is 55.8 Å². The minimum absolute atomic E-state index is 0.221. The monoisotopic (exact) mass is 413 g/mol. The van der Waals surface area contributed by atoms with Crippen molar-refractivity contribution in [1.29, 1.82) is 0 Å². The molecule has 30 heavy (non-hydrogen) atoms. The van der Waals surface area contributed by atoms with E-state index < -0.39 is 0 Å². The molecule has 0 radical (unpaired) electrons. The zero-order valence-corrected chi connectivity index (χ0v) is 18.6. The molecule has 0 spiro atoms. The first-order valence-electron chi connectivity index (χ1n) is 11.8. The minimum Gasteiger partial charge on any atom is -0.381 e. The van der Waals surface area contributed by atoms with E-state index in [9.17, 15) is 0 Å². The standard InChI is InChI=1S/C24H39N5O/c1-25-23(27-20-24(11-16-30-17-12-24)29-14-5-6-15-29)26-18-22-10-7-13-28(22)19-21-8-3-2-4-9-21/h2-4,8-9,22H,5-7,10-20H2,1H3,(H2,25,26,27). The molecule has 0 saturated carbocycles. The molecule has 4 rings (SSSR count). The van der Waals surface area contributed by atoms with E-state index >= 15 is 0 Å². The lowest BCUT2D eigenvalue weighted by molar-refractivity contribution is -0.0164. The molecule has 0 bridgehead atoms. The van der Waals surface area contributed by atoms with Crippen LogP contribution in [0.25, 0.3) is 0 Å². The van der Waals surface area contributed by atoms with Crippen LogP contribution in [0.1, 0.15) is 44.1 Å². The lowest BCUT2D eigenvalue weighted by Crippen LogP contribution is -2.59. The number of benzene rings is 1. The Hall–Kier alpha value is -1.63. The number of rotatable bonds is 7. The molecule has 3 aliphatic heterocycles.